The Labute approximate surface area is 170 Å². The molecule has 2 N–H and O–H groups in total. The molecule has 0 radical (unpaired) electrons. The number of carbonyl (C=O) groups excluding carboxylic acids is 1. The first-order valence-electron chi connectivity index (χ1n) is 8.71. The van der Waals surface area contributed by atoms with Crippen LogP contribution in [0.4, 0.5) is 11.4 Å². The van der Waals surface area contributed by atoms with E-state index in [9.17, 15) is 13.2 Å². The molecule has 0 atom stereocenters. The number of methoxy groups -OCH3 is 3. The molecule has 0 aliphatic rings. The van der Waals surface area contributed by atoms with Crippen LogP contribution in [0.15, 0.2) is 42.5 Å². The molecule has 0 spiro atoms. The van der Waals surface area contributed by atoms with Gasteiger partial charge in [-0.2, -0.15) is 0 Å². The fraction of sp³-hybridized carbons (Fsp3) is 0.250. The largest absolute Gasteiger partial charge is 0.494 e. The van der Waals surface area contributed by atoms with Crippen molar-refractivity contribution in [2.45, 2.75) is 6.92 Å². The molecule has 9 heteroatoms. The van der Waals surface area contributed by atoms with E-state index in [4.69, 9.17) is 14.2 Å². The summed E-state index contributed by atoms with van der Waals surface area (Å²) in [5, 5.41) is 2.70. The quantitative estimate of drug-likeness (QED) is 0.604. The summed E-state index contributed by atoms with van der Waals surface area (Å²) in [6.45, 7) is 1.54. The Kier molecular flexibility index (Phi) is 7.49. The fourth-order valence-electron chi connectivity index (χ4n) is 2.41. The highest BCUT2D eigenvalue weighted by Crippen LogP contribution is 2.29. The van der Waals surface area contributed by atoms with Crippen LogP contribution in [0.5, 0.6) is 17.2 Å². The molecular formula is C20H24N2O6S. The second-order valence-corrected chi connectivity index (χ2v) is 7.87. The number of anilines is 2. The van der Waals surface area contributed by atoms with Gasteiger partial charge < -0.3 is 19.5 Å². The highest BCUT2D eigenvalue weighted by Gasteiger charge is 2.12. The number of hydrogen-bond donors (Lipinski definition) is 2. The zero-order chi connectivity index (χ0) is 21.4. The first kappa shape index (κ1) is 22.1. The van der Waals surface area contributed by atoms with Gasteiger partial charge >= 0.3 is 0 Å². The molecule has 0 fully saturated rings. The van der Waals surface area contributed by atoms with Gasteiger partial charge in [-0.3, -0.25) is 9.52 Å². The second kappa shape index (κ2) is 9.83. The van der Waals surface area contributed by atoms with Crippen LogP contribution in [0.25, 0.3) is 6.08 Å². The van der Waals surface area contributed by atoms with Crippen molar-refractivity contribution < 1.29 is 27.4 Å². The van der Waals surface area contributed by atoms with Crippen LogP contribution >= 0.6 is 0 Å². The first-order chi connectivity index (χ1) is 13.8. The normalized spacial score (nSPS) is 11.2. The van der Waals surface area contributed by atoms with Crippen LogP contribution in [-0.4, -0.2) is 41.4 Å². The van der Waals surface area contributed by atoms with E-state index in [0.29, 0.717) is 28.6 Å². The summed E-state index contributed by atoms with van der Waals surface area (Å²) in [5.41, 5.74) is 1.52. The van der Waals surface area contributed by atoms with Crippen LogP contribution in [-0.2, 0) is 14.8 Å². The predicted molar refractivity (Wildman–Crippen MR) is 113 cm³/mol. The lowest BCUT2D eigenvalue weighted by atomic mass is 10.2. The van der Waals surface area contributed by atoms with Gasteiger partial charge in [-0.1, -0.05) is 6.07 Å². The smallest absolute Gasteiger partial charge is 0.248 e. The summed E-state index contributed by atoms with van der Waals surface area (Å²) in [4.78, 5) is 12.2. The molecule has 0 aromatic heterocycles. The lowest BCUT2D eigenvalue weighted by Gasteiger charge is -2.12. The summed E-state index contributed by atoms with van der Waals surface area (Å²) in [6, 6.07) is 9.94. The molecule has 0 aliphatic heterocycles. The van der Waals surface area contributed by atoms with Gasteiger partial charge in [0.15, 0.2) is 11.5 Å². The number of carbonyl (C=O) groups is 1. The van der Waals surface area contributed by atoms with Crippen LogP contribution in [0.3, 0.4) is 0 Å². The third-order valence-corrected chi connectivity index (χ3v) is 5.24. The maximum absolute atomic E-state index is 12.2. The molecular weight excluding hydrogens is 396 g/mol. The van der Waals surface area contributed by atoms with Crippen molar-refractivity contribution in [2.24, 2.45) is 0 Å². The molecule has 2 aromatic carbocycles. The Hall–Kier alpha value is -3.20. The molecule has 0 unspecified atom stereocenters. The van der Waals surface area contributed by atoms with E-state index in [1.54, 1.807) is 37.5 Å². The van der Waals surface area contributed by atoms with Gasteiger partial charge in [0.05, 0.1) is 32.8 Å². The van der Waals surface area contributed by atoms with E-state index in [0.717, 1.165) is 5.56 Å². The summed E-state index contributed by atoms with van der Waals surface area (Å²) in [6.07, 6.45) is 3.01. The number of rotatable bonds is 9. The van der Waals surface area contributed by atoms with E-state index >= 15 is 0 Å². The molecule has 2 rings (SSSR count). The summed E-state index contributed by atoms with van der Waals surface area (Å²) in [7, 11) is 1.07. The van der Waals surface area contributed by atoms with Crippen molar-refractivity contribution in [3.8, 4) is 17.2 Å². The average molecular weight is 420 g/mol. The third-order valence-electron chi connectivity index (χ3n) is 3.95. The standard InChI is InChI=1S/C20H24N2O6S/c1-5-29(24,25)22-16-9-8-15(13-18(16)27-3)21-20(23)11-7-14-6-10-17(26-2)19(12-14)28-4/h6-13,22H,5H2,1-4H3,(H,21,23). The molecule has 156 valence electrons. The van der Waals surface area contributed by atoms with E-state index in [1.807, 2.05) is 0 Å². The molecule has 0 heterocycles. The van der Waals surface area contributed by atoms with Crippen LogP contribution < -0.4 is 24.2 Å². The van der Waals surface area contributed by atoms with Gasteiger partial charge in [-0.25, -0.2) is 8.42 Å². The Bertz CT molecular complexity index is 1000. The third kappa shape index (κ3) is 6.15. The molecule has 0 aliphatic carbocycles. The first-order valence-corrected chi connectivity index (χ1v) is 10.4. The Morgan fingerprint density at radius 1 is 0.966 bits per heavy atom. The number of benzene rings is 2. The SMILES string of the molecule is CCS(=O)(=O)Nc1ccc(NC(=O)C=Cc2ccc(OC)c(OC)c2)cc1OC. The number of amides is 1. The topological polar surface area (TPSA) is 103 Å². The predicted octanol–water partition coefficient (Wildman–Crippen LogP) is 3.13. The minimum atomic E-state index is -3.44. The minimum Gasteiger partial charge on any atom is -0.494 e. The highest BCUT2D eigenvalue weighted by molar-refractivity contribution is 7.92. The van der Waals surface area contributed by atoms with Gasteiger partial charge in [0.2, 0.25) is 15.9 Å². The summed E-state index contributed by atoms with van der Waals surface area (Å²) >= 11 is 0. The molecule has 29 heavy (non-hydrogen) atoms. The van der Waals surface area contributed by atoms with Crippen molar-refractivity contribution in [3.05, 3.63) is 48.0 Å². The number of hydrogen-bond acceptors (Lipinski definition) is 6. The maximum atomic E-state index is 12.2. The van der Waals surface area contributed by atoms with Crippen molar-refractivity contribution in [1.29, 1.82) is 0 Å². The van der Waals surface area contributed by atoms with Gasteiger partial charge in [0.1, 0.15) is 5.75 Å². The van der Waals surface area contributed by atoms with Gasteiger partial charge in [0, 0.05) is 17.8 Å². The molecule has 8 nitrogen and oxygen atoms in total. The van der Waals surface area contributed by atoms with Gasteiger partial charge in [-0.05, 0) is 42.8 Å². The number of sulfonamides is 1. The molecule has 0 saturated heterocycles. The summed E-state index contributed by atoms with van der Waals surface area (Å²) < 4.78 is 41.6. The Morgan fingerprint density at radius 2 is 1.66 bits per heavy atom. The van der Waals surface area contributed by atoms with E-state index in [2.05, 4.69) is 10.0 Å². The van der Waals surface area contributed by atoms with Crippen molar-refractivity contribution >= 4 is 33.4 Å². The molecule has 0 bridgehead atoms. The van der Waals surface area contributed by atoms with Crippen LogP contribution in [0.2, 0.25) is 0 Å². The fourth-order valence-corrected chi connectivity index (χ4v) is 3.05. The van der Waals surface area contributed by atoms with Gasteiger partial charge in [-0.15, -0.1) is 0 Å². The maximum Gasteiger partial charge on any atom is 0.248 e. The monoisotopic (exact) mass is 420 g/mol. The number of nitrogens with one attached hydrogen (secondary N) is 2. The Balaban J connectivity index is 2.11. The molecule has 2 aromatic rings. The number of ether oxygens (including phenoxy) is 3. The van der Waals surface area contributed by atoms with Gasteiger partial charge in [0.25, 0.3) is 0 Å². The van der Waals surface area contributed by atoms with Crippen molar-refractivity contribution in [1.82, 2.24) is 0 Å². The Morgan fingerprint density at radius 3 is 2.28 bits per heavy atom. The second-order valence-electron chi connectivity index (χ2n) is 5.86. The van der Waals surface area contributed by atoms with E-state index in [1.165, 1.54) is 39.4 Å². The molecule has 1 amide bonds. The van der Waals surface area contributed by atoms with Crippen molar-refractivity contribution in [2.75, 3.05) is 37.1 Å². The van der Waals surface area contributed by atoms with E-state index < -0.39 is 10.0 Å². The van der Waals surface area contributed by atoms with Crippen LogP contribution in [0.1, 0.15) is 12.5 Å². The zero-order valence-electron chi connectivity index (χ0n) is 16.7. The zero-order valence-corrected chi connectivity index (χ0v) is 17.5. The minimum absolute atomic E-state index is 0.0599. The lowest BCUT2D eigenvalue weighted by Crippen LogP contribution is -2.15. The van der Waals surface area contributed by atoms with E-state index in [-0.39, 0.29) is 11.7 Å². The summed E-state index contributed by atoms with van der Waals surface area (Å²) in [5.74, 6) is 1.03. The van der Waals surface area contributed by atoms with Crippen molar-refractivity contribution in [3.63, 3.8) is 0 Å². The van der Waals surface area contributed by atoms with Crippen LogP contribution in [0, 0.1) is 0 Å². The highest BCUT2D eigenvalue weighted by atomic mass is 32.2. The molecule has 0 saturated carbocycles. The average Bonchev–Trinajstić information content (AvgIpc) is 2.72. The lowest BCUT2D eigenvalue weighted by molar-refractivity contribution is -0.111.